The van der Waals surface area contributed by atoms with E-state index in [1.807, 2.05) is 14.1 Å². The number of anilines is 2. The minimum absolute atomic E-state index is 0.104. The third-order valence-electron chi connectivity index (χ3n) is 3.40. The first kappa shape index (κ1) is 14.8. The summed E-state index contributed by atoms with van der Waals surface area (Å²) in [5, 5.41) is 13.9. The molecule has 21 heavy (non-hydrogen) atoms. The topological polar surface area (TPSA) is 58.4 Å². The molecule has 110 valence electrons. The van der Waals surface area contributed by atoms with Crippen LogP contribution < -0.4 is 10.2 Å². The van der Waals surface area contributed by atoms with Crippen LogP contribution in [0.4, 0.5) is 17.1 Å². The summed E-state index contributed by atoms with van der Waals surface area (Å²) >= 11 is 0. The van der Waals surface area contributed by atoms with Crippen LogP contribution in [-0.2, 0) is 6.54 Å². The molecule has 5 heteroatoms. The van der Waals surface area contributed by atoms with Crippen LogP contribution in [0.15, 0.2) is 42.5 Å². The van der Waals surface area contributed by atoms with Crippen LogP contribution in [0.5, 0.6) is 0 Å². The summed E-state index contributed by atoms with van der Waals surface area (Å²) in [6, 6.07) is 12.8. The highest BCUT2D eigenvalue weighted by molar-refractivity contribution is 5.52. The molecule has 2 aromatic carbocycles. The van der Waals surface area contributed by atoms with Crippen LogP contribution >= 0.6 is 0 Å². The average molecular weight is 285 g/mol. The van der Waals surface area contributed by atoms with E-state index in [2.05, 4.69) is 35.3 Å². The number of nitrogens with zero attached hydrogens (tertiary/aromatic N) is 2. The van der Waals surface area contributed by atoms with E-state index in [4.69, 9.17) is 0 Å². The smallest absolute Gasteiger partial charge is 0.269 e. The van der Waals surface area contributed by atoms with Crippen molar-refractivity contribution in [1.29, 1.82) is 0 Å². The molecule has 0 atom stereocenters. The SMILES string of the molecule is Cc1cc(N(C)C)ccc1CNc1ccc([N+](=O)[O-])cc1. The molecular formula is C16H19N3O2. The monoisotopic (exact) mass is 285 g/mol. The molecule has 0 aliphatic heterocycles. The van der Waals surface area contributed by atoms with E-state index in [0.717, 1.165) is 5.69 Å². The lowest BCUT2D eigenvalue weighted by Crippen LogP contribution is -2.09. The first-order chi connectivity index (χ1) is 9.97. The highest BCUT2D eigenvalue weighted by atomic mass is 16.6. The molecule has 0 bridgehead atoms. The Hall–Kier alpha value is -2.56. The Morgan fingerprint density at radius 1 is 1.14 bits per heavy atom. The average Bonchev–Trinajstić information content (AvgIpc) is 2.46. The largest absolute Gasteiger partial charge is 0.381 e. The van der Waals surface area contributed by atoms with Crippen molar-refractivity contribution in [2.45, 2.75) is 13.5 Å². The zero-order valence-corrected chi connectivity index (χ0v) is 12.5. The van der Waals surface area contributed by atoms with E-state index in [1.165, 1.54) is 28.9 Å². The summed E-state index contributed by atoms with van der Waals surface area (Å²) in [6.07, 6.45) is 0. The van der Waals surface area contributed by atoms with Gasteiger partial charge in [0.25, 0.3) is 5.69 Å². The Bertz CT molecular complexity index is 636. The van der Waals surface area contributed by atoms with E-state index in [9.17, 15) is 10.1 Å². The predicted molar refractivity (Wildman–Crippen MR) is 85.9 cm³/mol. The maximum atomic E-state index is 10.6. The van der Waals surface area contributed by atoms with Gasteiger partial charge in [-0.25, -0.2) is 0 Å². The molecule has 5 nitrogen and oxygen atoms in total. The lowest BCUT2D eigenvalue weighted by molar-refractivity contribution is -0.384. The van der Waals surface area contributed by atoms with E-state index < -0.39 is 4.92 Å². The number of hydrogen-bond donors (Lipinski definition) is 1. The van der Waals surface area contributed by atoms with Crippen LogP contribution in [0.2, 0.25) is 0 Å². The number of nitro benzene ring substituents is 1. The van der Waals surface area contributed by atoms with Gasteiger partial charge in [0.15, 0.2) is 0 Å². The van der Waals surface area contributed by atoms with Gasteiger partial charge in [-0.3, -0.25) is 10.1 Å². The third-order valence-corrected chi connectivity index (χ3v) is 3.40. The van der Waals surface area contributed by atoms with E-state index >= 15 is 0 Å². The van der Waals surface area contributed by atoms with Gasteiger partial charge >= 0.3 is 0 Å². The van der Waals surface area contributed by atoms with Crippen LogP contribution in [0.1, 0.15) is 11.1 Å². The molecular weight excluding hydrogens is 266 g/mol. The Kier molecular flexibility index (Phi) is 4.42. The molecule has 0 saturated carbocycles. The fourth-order valence-corrected chi connectivity index (χ4v) is 2.05. The molecule has 0 aliphatic rings. The van der Waals surface area contributed by atoms with Crippen molar-refractivity contribution in [3.8, 4) is 0 Å². The third kappa shape index (κ3) is 3.72. The lowest BCUT2D eigenvalue weighted by Gasteiger charge is -2.15. The molecule has 0 fully saturated rings. The summed E-state index contributed by atoms with van der Waals surface area (Å²) in [6.45, 7) is 2.78. The molecule has 0 amide bonds. The summed E-state index contributed by atoms with van der Waals surface area (Å²) in [5.41, 5.74) is 4.57. The molecule has 0 saturated heterocycles. The standard InChI is InChI=1S/C16H19N3O2/c1-12-10-16(18(2)3)7-4-13(12)11-17-14-5-8-15(9-6-14)19(20)21/h4-10,17H,11H2,1-3H3. The molecule has 0 radical (unpaired) electrons. The fourth-order valence-electron chi connectivity index (χ4n) is 2.05. The molecule has 0 aliphatic carbocycles. The first-order valence-corrected chi connectivity index (χ1v) is 6.72. The second-order valence-corrected chi connectivity index (χ2v) is 5.16. The van der Waals surface area contributed by atoms with Crippen molar-refractivity contribution in [3.05, 3.63) is 63.7 Å². The van der Waals surface area contributed by atoms with Gasteiger partial charge in [0.2, 0.25) is 0 Å². The van der Waals surface area contributed by atoms with Crippen molar-refractivity contribution in [2.75, 3.05) is 24.3 Å². The summed E-state index contributed by atoms with van der Waals surface area (Å²) < 4.78 is 0. The zero-order valence-electron chi connectivity index (χ0n) is 12.5. The quantitative estimate of drug-likeness (QED) is 0.674. The minimum atomic E-state index is -0.395. The van der Waals surface area contributed by atoms with Gasteiger partial charge < -0.3 is 10.2 Å². The molecule has 0 spiro atoms. The molecule has 1 N–H and O–H groups in total. The highest BCUT2D eigenvalue weighted by Crippen LogP contribution is 2.20. The van der Waals surface area contributed by atoms with E-state index in [-0.39, 0.29) is 5.69 Å². The Balaban J connectivity index is 2.04. The van der Waals surface area contributed by atoms with Crippen LogP contribution in [-0.4, -0.2) is 19.0 Å². The van der Waals surface area contributed by atoms with Crippen molar-refractivity contribution in [3.63, 3.8) is 0 Å². The lowest BCUT2D eigenvalue weighted by atomic mass is 10.1. The van der Waals surface area contributed by atoms with E-state index in [1.54, 1.807) is 12.1 Å². The van der Waals surface area contributed by atoms with Gasteiger partial charge in [-0.05, 0) is 42.3 Å². The minimum Gasteiger partial charge on any atom is -0.381 e. The van der Waals surface area contributed by atoms with Crippen LogP contribution in [0, 0.1) is 17.0 Å². The van der Waals surface area contributed by atoms with Gasteiger partial charge in [-0.2, -0.15) is 0 Å². The number of rotatable bonds is 5. The maximum Gasteiger partial charge on any atom is 0.269 e. The Morgan fingerprint density at radius 3 is 2.33 bits per heavy atom. The van der Waals surface area contributed by atoms with Gasteiger partial charge in [-0.15, -0.1) is 0 Å². The maximum absolute atomic E-state index is 10.6. The van der Waals surface area contributed by atoms with E-state index in [0.29, 0.717) is 6.54 Å². The van der Waals surface area contributed by atoms with Gasteiger partial charge in [0.1, 0.15) is 0 Å². The number of nitrogens with one attached hydrogen (secondary N) is 1. The van der Waals surface area contributed by atoms with Crippen LogP contribution in [0.3, 0.4) is 0 Å². The highest BCUT2D eigenvalue weighted by Gasteiger charge is 2.05. The zero-order chi connectivity index (χ0) is 15.4. The molecule has 0 unspecified atom stereocenters. The molecule has 0 aromatic heterocycles. The number of hydrogen-bond acceptors (Lipinski definition) is 4. The van der Waals surface area contributed by atoms with Gasteiger partial charge in [-0.1, -0.05) is 6.07 Å². The summed E-state index contributed by atoms with van der Waals surface area (Å²) in [4.78, 5) is 12.3. The van der Waals surface area contributed by atoms with Gasteiger partial charge in [0, 0.05) is 44.1 Å². The Labute approximate surface area is 124 Å². The van der Waals surface area contributed by atoms with Crippen molar-refractivity contribution in [1.82, 2.24) is 0 Å². The van der Waals surface area contributed by atoms with Crippen molar-refractivity contribution < 1.29 is 4.92 Å². The molecule has 0 heterocycles. The van der Waals surface area contributed by atoms with Crippen molar-refractivity contribution in [2.24, 2.45) is 0 Å². The molecule has 2 rings (SSSR count). The number of nitro groups is 1. The number of aryl methyl sites for hydroxylation is 1. The number of non-ortho nitro benzene ring substituents is 1. The van der Waals surface area contributed by atoms with Crippen molar-refractivity contribution >= 4 is 17.1 Å². The second kappa shape index (κ2) is 6.26. The summed E-state index contributed by atoms with van der Waals surface area (Å²) in [5.74, 6) is 0. The second-order valence-electron chi connectivity index (χ2n) is 5.16. The van der Waals surface area contributed by atoms with Crippen LogP contribution in [0.25, 0.3) is 0 Å². The molecule has 2 aromatic rings. The summed E-state index contributed by atoms with van der Waals surface area (Å²) in [7, 11) is 4.03. The Morgan fingerprint density at radius 2 is 1.81 bits per heavy atom. The van der Waals surface area contributed by atoms with Gasteiger partial charge in [0.05, 0.1) is 4.92 Å². The predicted octanol–water partition coefficient (Wildman–Crippen LogP) is 3.58. The normalized spacial score (nSPS) is 10.2. The number of benzene rings is 2. The first-order valence-electron chi connectivity index (χ1n) is 6.72. The fraction of sp³-hybridized carbons (Fsp3) is 0.250.